The minimum absolute atomic E-state index is 0.0960. The standard InChI is InChI=1S/C22H20O5/c1-13(2)18(23)11-15-7-10-17-19(24)12-20(27-22(17)21(15)26-4)14-5-8-16(25-3)9-6-14/h5-10,12H,1,11H2,2-4H3. The van der Waals surface area contributed by atoms with Gasteiger partial charge in [0.1, 0.15) is 11.5 Å². The maximum Gasteiger partial charge on any atom is 0.193 e. The zero-order valence-electron chi connectivity index (χ0n) is 15.5. The molecule has 5 heteroatoms. The number of fused-ring (bicyclic) bond motifs is 1. The molecule has 1 aromatic heterocycles. The fourth-order valence-corrected chi connectivity index (χ4v) is 2.82. The number of benzene rings is 2. The van der Waals surface area contributed by atoms with E-state index in [1.807, 2.05) is 12.1 Å². The second-order valence-corrected chi connectivity index (χ2v) is 6.22. The molecular weight excluding hydrogens is 344 g/mol. The van der Waals surface area contributed by atoms with Crippen molar-refractivity contribution in [1.82, 2.24) is 0 Å². The van der Waals surface area contributed by atoms with Crippen molar-refractivity contribution in [2.75, 3.05) is 14.2 Å². The third kappa shape index (κ3) is 3.62. The summed E-state index contributed by atoms with van der Waals surface area (Å²) in [6, 6.07) is 12.0. The molecule has 0 fully saturated rings. The first kappa shape index (κ1) is 18.5. The predicted molar refractivity (Wildman–Crippen MR) is 105 cm³/mol. The lowest BCUT2D eigenvalue weighted by Crippen LogP contribution is -2.07. The number of hydrogen-bond acceptors (Lipinski definition) is 5. The number of carbonyl (C=O) groups is 1. The zero-order chi connectivity index (χ0) is 19.6. The van der Waals surface area contributed by atoms with Crippen LogP contribution in [0.25, 0.3) is 22.3 Å². The lowest BCUT2D eigenvalue weighted by atomic mass is 10.0. The van der Waals surface area contributed by atoms with Crippen LogP contribution in [-0.2, 0) is 11.2 Å². The van der Waals surface area contributed by atoms with Gasteiger partial charge in [-0.2, -0.15) is 0 Å². The van der Waals surface area contributed by atoms with Gasteiger partial charge >= 0.3 is 0 Å². The quantitative estimate of drug-likeness (QED) is 0.614. The van der Waals surface area contributed by atoms with E-state index in [2.05, 4.69) is 6.58 Å². The summed E-state index contributed by atoms with van der Waals surface area (Å²) in [7, 11) is 3.08. The van der Waals surface area contributed by atoms with E-state index in [0.717, 1.165) is 5.56 Å². The van der Waals surface area contributed by atoms with Crippen molar-refractivity contribution in [2.45, 2.75) is 13.3 Å². The molecule has 0 aliphatic rings. The summed E-state index contributed by atoms with van der Waals surface area (Å²) in [6.07, 6.45) is 0.130. The molecule has 0 aliphatic carbocycles. The predicted octanol–water partition coefficient (Wildman–Crippen LogP) is 4.16. The van der Waals surface area contributed by atoms with Crippen molar-refractivity contribution in [3.63, 3.8) is 0 Å². The van der Waals surface area contributed by atoms with Crippen LogP contribution in [0.1, 0.15) is 12.5 Å². The minimum Gasteiger partial charge on any atom is -0.497 e. The van der Waals surface area contributed by atoms with Gasteiger partial charge in [0.15, 0.2) is 22.5 Å². The molecule has 0 aliphatic heterocycles. The van der Waals surface area contributed by atoms with E-state index in [1.54, 1.807) is 38.3 Å². The van der Waals surface area contributed by atoms with Crippen molar-refractivity contribution >= 4 is 16.8 Å². The number of rotatable bonds is 6. The maximum atomic E-state index is 12.6. The van der Waals surface area contributed by atoms with E-state index >= 15 is 0 Å². The molecule has 138 valence electrons. The largest absolute Gasteiger partial charge is 0.497 e. The molecule has 0 bridgehead atoms. The Morgan fingerprint density at radius 2 is 1.78 bits per heavy atom. The van der Waals surface area contributed by atoms with E-state index in [4.69, 9.17) is 13.9 Å². The average molecular weight is 364 g/mol. The fourth-order valence-electron chi connectivity index (χ4n) is 2.82. The highest BCUT2D eigenvalue weighted by Gasteiger charge is 2.17. The summed E-state index contributed by atoms with van der Waals surface area (Å²) in [5, 5.41) is 0.399. The molecule has 3 rings (SSSR count). The molecule has 0 amide bonds. The highest BCUT2D eigenvalue weighted by Crippen LogP contribution is 2.32. The topological polar surface area (TPSA) is 65.7 Å². The van der Waals surface area contributed by atoms with E-state index in [9.17, 15) is 9.59 Å². The molecule has 0 N–H and O–H groups in total. The molecule has 0 atom stereocenters. The Hall–Kier alpha value is -3.34. The second kappa shape index (κ2) is 7.50. The third-order valence-electron chi connectivity index (χ3n) is 4.34. The number of Topliss-reactive ketones (excluding diaryl/α,β-unsaturated/α-hetero) is 1. The van der Waals surface area contributed by atoms with Crippen molar-refractivity contribution in [2.24, 2.45) is 0 Å². The Balaban J connectivity index is 2.17. The van der Waals surface area contributed by atoms with Gasteiger partial charge in [-0.05, 0) is 42.8 Å². The van der Waals surface area contributed by atoms with Gasteiger partial charge in [-0.15, -0.1) is 0 Å². The van der Waals surface area contributed by atoms with Crippen molar-refractivity contribution in [3.8, 4) is 22.8 Å². The zero-order valence-corrected chi connectivity index (χ0v) is 15.5. The Morgan fingerprint density at radius 1 is 1.07 bits per heavy atom. The highest BCUT2D eigenvalue weighted by molar-refractivity contribution is 5.97. The van der Waals surface area contributed by atoms with Crippen LogP contribution in [0.15, 0.2) is 63.8 Å². The maximum absolute atomic E-state index is 12.6. The Kier molecular flexibility index (Phi) is 5.12. The van der Waals surface area contributed by atoms with Crippen LogP contribution in [0.5, 0.6) is 11.5 Å². The van der Waals surface area contributed by atoms with Gasteiger partial charge in [-0.25, -0.2) is 0 Å². The molecule has 0 saturated carbocycles. The van der Waals surface area contributed by atoms with Gasteiger partial charge in [0.25, 0.3) is 0 Å². The molecule has 5 nitrogen and oxygen atoms in total. The SMILES string of the molecule is C=C(C)C(=O)Cc1ccc2c(=O)cc(-c3ccc(OC)cc3)oc2c1OC. The number of hydrogen-bond donors (Lipinski definition) is 0. The molecule has 0 radical (unpaired) electrons. The first-order valence-corrected chi connectivity index (χ1v) is 8.41. The van der Waals surface area contributed by atoms with Crippen LogP contribution in [0.4, 0.5) is 0 Å². The number of carbonyl (C=O) groups excluding carboxylic acids is 1. The summed E-state index contributed by atoms with van der Waals surface area (Å²) in [5.41, 5.74) is 1.99. The summed E-state index contributed by atoms with van der Waals surface area (Å²) < 4.78 is 16.7. The van der Waals surface area contributed by atoms with Gasteiger partial charge in [-0.1, -0.05) is 12.6 Å². The van der Waals surface area contributed by atoms with Crippen molar-refractivity contribution in [1.29, 1.82) is 0 Å². The number of ether oxygens (including phenoxy) is 2. The van der Waals surface area contributed by atoms with Crippen LogP contribution in [0, 0.1) is 0 Å². The first-order chi connectivity index (χ1) is 12.9. The molecule has 0 saturated heterocycles. The minimum atomic E-state index is -0.182. The Morgan fingerprint density at radius 3 is 2.37 bits per heavy atom. The van der Waals surface area contributed by atoms with E-state index in [0.29, 0.717) is 39.4 Å². The summed E-state index contributed by atoms with van der Waals surface area (Å²) in [5.74, 6) is 1.41. The van der Waals surface area contributed by atoms with Crippen molar-refractivity contribution < 1.29 is 18.7 Å². The third-order valence-corrected chi connectivity index (χ3v) is 4.34. The molecule has 1 heterocycles. The fraction of sp³-hybridized carbons (Fsp3) is 0.182. The molecule has 2 aromatic carbocycles. The van der Waals surface area contributed by atoms with Crippen LogP contribution >= 0.6 is 0 Å². The van der Waals surface area contributed by atoms with Gasteiger partial charge in [0.2, 0.25) is 0 Å². The molecule has 3 aromatic rings. The van der Waals surface area contributed by atoms with Gasteiger partial charge in [0, 0.05) is 23.6 Å². The van der Waals surface area contributed by atoms with E-state index in [-0.39, 0.29) is 17.6 Å². The average Bonchev–Trinajstić information content (AvgIpc) is 2.67. The summed E-state index contributed by atoms with van der Waals surface area (Å²) >= 11 is 0. The van der Waals surface area contributed by atoms with Gasteiger partial charge < -0.3 is 13.9 Å². The highest BCUT2D eigenvalue weighted by atomic mass is 16.5. The van der Waals surface area contributed by atoms with Gasteiger partial charge in [-0.3, -0.25) is 9.59 Å². The number of methoxy groups -OCH3 is 2. The first-order valence-electron chi connectivity index (χ1n) is 8.41. The lowest BCUT2D eigenvalue weighted by Gasteiger charge is -2.12. The van der Waals surface area contributed by atoms with E-state index in [1.165, 1.54) is 13.2 Å². The van der Waals surface area contributed by atoms with E-state index < -0.39 is 0 Å². The molecule has 0 spiro atoms. The molecule has 27 heavy (non-hydrogen) atoms. The Bertz CT molecular complexity index is 1070. The number of allylic oxidation sites excluding steroid dienone is 1. The smallest absolute Gasteiger partial charge is 0.193 e. The summed E-state index contributed by atoms with van der Waals surface area (Å²) in [4.78, 5) is 24.7. The normalized spacial score (nSPS) is 10.6. The Labute approximate surface area is 156 Å². The van der Waals surface area contributed by atoms with Crippen LogP contribution in [0.3, 0.4) is 0 Å². The van der Waals surface area contributed by atoms with Gasteiger partial charge in [0.05, 0.1) is 19.6 Å². The molecule has 0 unspecified atom stereocenters. The van der Waals surface area contributed by atoms with Crippen LogP contribution in [0.2, 0.25) is 0 Å². The molecular formula is C22H20O5. The monoisotopic (exact) mass is 364 g/mol. The van der Waals surface area contributed by atoms with Crippen LogP contribution in [-0.4, -0.2) is 20.0 Å². The van der Waals surface area contributed by atoms with Crippen LogP contribution < -0.4 is 14.9 Å². The second-order valence-electron chi connectivity index (χ2n) is 6.22. The number of ketones is 1. The lowest BCUT2D eigenvalue weighted by molar-refractivity contribution is -0.114. The summed E-state index contributed by atoms with van der Waals surface area (Å²) in [6.45, 7) is 5.34. The van der Waals surface area contributed by atoms with Crippen molar-refractivity contribution in [3.05, 3.63) is 70.4 Å².